The van der Waals surface area contributed by atoms with Gasteiger partial charge in [-0.25, -0.2) is 28.8 Å². The zero-order valence-corrected chi connectivity index (χ0v) is 49.7. The van der Waals surface area contributed by atoms with E-state index in [2.05, 4.69) is 65.0 Å². The first-order chi connectivity index (χ1) is 38.5. The number of esters is 8. The summed E-state index contributed by atoms with van der Waals surface area (Å²) in [5.74, 6) is -0.713. The fraction of sp³-hybridized carbons (Fsp3) is 0.651. The second-order valence-corrected chi connectivity index (χ2v) is 23.9. The van der Waals surface area contributed by atoms with Gasteiger partial charge in [0.1, 0.15) is 29.5 Å². The zero-order valence-electron chi connectivity index (χ0n) is 49.7. The van der Waals surface area contributed by atoms with Crippen molar-refractivity contribution in [1.82, 2.24) is 4.90 Å². The van der Waals surface area contributed by atoms with Crippen molar-refractivity contribution >= 4 is 59.6 Å². The molecule has 4 aliphatic heterocycles. The van der Waals surface area contributed by atoms with E-state index in [0.29, 0.717) is 77.7 Å². The van der Waals surface area contributed by atoms with Crippen molar-refractivity contribution in [3.8, 4) is 0 Å². The van der Waals surface area contributed by atoms with Gasteiger partial charge in [0, 0.05) is 70.1 Å². The van der Waals surface area contributed by atoms with Crippen molar-refractivity contribution in [3.05, 3.63) is 72.9 Å². The van der Waals surface area contributed by atoms with Gasteiger partial charge in [-0.2, -0.15) is 0 Å². The number of cyclic esters (lactones) is 2. The molecule has 82 heavy (non-hydrogen) atoms. The third-order valence-electron chi connectivity index (χ3n) is 17.4. The van der Waals surface area contributed by atoms with Crippen molar-refractivity contribution in [2.45, 2.75) is 194 Å². The number of carbonyl (C=O) groups is 10. The van der Waals surface area contributed by atoms with Gasteiger partial charge in [-0.15, -0.1) is 0 Å². The minimum absolute atomic E-state index is 0.0309. The van der Waals surface area contributed by atoms with Crippen LogP contribution in [0.4, 0.5) is 0 Å². The first-order valence-corrected chi connectivity index (χ1v) is 28.9. The predicted molar refractivity (Wildman–Crippen MR) is 299 cm³/mol. The summed E-state index contributed by atoms with van der Waals surface area (Å²) in [6.07, 6.45) is 12.7. The molecular weight excluding hydrogens is 1060 g/mol. The Labute approximate surface area is 482 Å². The molecule has 11 unspecified atom stereocenters. The molecule has 4 heterocycles. The minimum Gasteiger partial charge on any atom is -0.465 e. The molecule has 11 atom stereocenters. The summed E-state index contributed by atoms with van der Waals surface area (Å²) in [5.41, 5.74) is 2.12. The molecule has 4 saturated heterocycles. The van der Waals surface area contributed by atoms with Gasteiger partial charge < -0.3 is 37.9 Å². The summed E-state index contributed by atoms with van der Waals surface area (Å²) in [6, 6.07) is 0. The Morgan fingerprint density at radius 2 is 1.16 bits per heavy atom. The summed E-state index contributed by atoms with van der Waals surface area (Å²) >= 11 is 0. The molecular formula is C63H87NO18. The van der Waals surface area contributed by atoms with Crippen LogP contribution in [0.2, 0.25) is 0 Å². The predicted octanol–water partition coefficient (Wildman–Crippen LogP) is 9.00. The first-order valence-electron chi connectivity index (χ1n) is 28.9. The smallest absolute Gasteiger partial charge is 0.347 e. The molecule has 6 saturated carbocycles. The maximum atomic E-state index is 11.6. The van der Waals surface area contributed by atoms with E-state index in [-0.39, 0.29) is 113 Å². The monoisotopic (exact) mass is 1150 g/mol. The Balaban J connectivity index is 0.000000182. The Morgan fingerprint density at radius 1 is 0.622 bits per heavy atom. The number of imide groups is 1. The van der Waals surface area contributed by atoms with Crippen LogP contribution in [-0.2, 0) is 85.8 Å². The second-order valence-electron chi connectivity index (χ2n) is 23.9. The number of likely N-dealkylation sites (tertiary alicyclic amines) is 1. The van der Waals surface area contributed by atoms with Crippen molar-refractivity contribution in [3.63, 3.8) is 0 Å². The van der Waals surface area contributed by atoms with Crippen molar-refractivity contribution in [2.75, 3.05) is 19.8 Å². The number of hydrogen-bond acceptors (Lipinski definition) is 18. The molecule has 2 amide bonds. The molecule has 19 nitrogen and oxygen atoms in total. The van der Waals surface area contributed by atoms with Crippen LogP contribution in [0.15, 0.2) is 72.9 Å². The van der Waals surface area contributed by atoms with Crippen LogP contribution in [-0.4, -0.2) is 120 Å². The molecule has 10 rings (SSSR count). The largest absolute Gasteiger partial charge is 0.465 e. The maximum absolute atomic E-state index is 11.6. The third kappa shape index (κ3) is 15.9. The van der Waals surface area contributed by atoms with Gasteiger partial charge >= 0.3 is 47.8 Å². The number of likely N-dealkylation sites (N-methyl/N-ethyl adjacent to an activating group) is 1. The summed E-state index contributed by atoms with van der Waals surface area (Å²) in [5, 5.41) is 0. The van der Waals surface area contributed by atoms with E-state index < -0.39 is 18.0 Å². The highest BCUT2D eigenvalue weighted by atomic mass is 16.6. The lowest BCUT2D eigenvalue weighted by molar-refractivity contribution is -0.159. The number of nitrogens with zero attached hydrogens (tertiary/aromatic N) is 1. The summed E-state index contributed by atoms with van der Waals surface area (Å²) in [6.45, 7) is 38.8. The number of carbonyl (C=O) groups excluding carboxylic acids is 10. The van der Waals surface area contributed by atoms with Gasteiger partial charge in [-0.3, -0.25) is 24.1 Å². The van der Waals surface area contributed by atoms with Crippen LogP contribution in [0, 0.1) is 47.3 Å². The molecule has 0 aromatic heterocycles. The van der Waals surface area contributed by atoms with Crippen LogP contribution >= 0.6 is 0 Å². The number of fused-ring (bicyclic) bond motifs is 6. The van der Waals surface area contributed by atoms with E-state index in [0.717, 1.165) is 57.8 Å². The molecule has 4 bridgehead atoms. The van der Waals surface area contributed by atoms with E-state index in [9.17, 15) is 47.9 Å². The lowest BCUT2D eigenvalue weighted by Crippen LogP contribution is -2.37. The molecule has 0 N–H and O–H groups in total. The molecule has 19 heteroatoms. The average Bonchev–Trinajstić information content (AvgIpc) is 3.57. The van der Waals surface area contributed by atoms with Gasteiger partial charge in [0.15, 0.2) is 0 Å². The molecule has 10 fully saturated rings. The number of hydrogen-bond donors (Lipinski definition) is 0. The fourth-order valence-electron chi connectivity index (χ4n) is 12.6. The van der Waals surface area contributed by atoms with Crippen LogP contribution in [0.5, 0.6) is 0 Å². The fourth-order valence-corrected chi connectivity index (χ4v) is 12.6. The van der Waals surface area contributed by atoms with Crippen molar-refractivity contribution in [2.24, 2.45) is 47.3 Å². The zero-order chi connectivity index (χ0) is 61.1. The van der Waals surface area contributed by atoms with Gasteiger partial charge in [0.2, 0.25) is 12.0 Å². The lowest BCUT2D eigenvalue weighted by atomic mass is 9.80. The summed E-state index contributed by atoms with van der Waals surface area (Å²) in [7, 11) is 0. The van der Waals surface area contributed by atoms with Crippen LogP contribution < -0.4 is 0 Å². The average molecular weight is 1150 g/mol. The van der Waals surface area contributed by atoms with Gasteiger partial charge in [0.05, 0.1) is 31.5 Å². The second kappa shape index (κ2) is 28.6. The quantitative estimate of drug-likeness (QED) is 0.0722. The minimum atomic E-state index is -0.728. The highest BCUT2D eigenvalue weighted by Gasteiger charge is 2.63. The van der Waals surface area contributed by atoms with Crippen LogP contribution in [0.3, 0.4) is 0 Å². The Bertz CT molecular complexity index is 2560. The maximum Gasteiger partial charge on any atom is 0.347 e. The van der Waals surface area contributed by atoms with Gasteiger partial charge in [0.25, 0.3) is 5.91 Å². The summed E-state index contributed by atoms with van der Waals surface area (Å²) in [4.78, 5) is 114. The molecule has 0 radical (unpaired) electrons. The Morgan fingerprint density at radius 3 is 1.65 bits per heavy atom. The lowest BCUT2D eigenvalue weighted by Gasteiger charge is -2.33. The van der Waals surface area contributed by atoms with Gasteiger partial charge in [-0.1, -0.05) is 60.2 Å². The van der Waals surface area contributed by atoms with Crippen molar-refractivity contribution in [1.29, 1.82) is 0 Å². The highest BCUT2D eigenvalue weighted by molar-refractivity contribution is 6.12. The molecule has 6 aliphatic carbocycles. The summed E-state index contributed by atoms with van der Waals surface area (Å²) < 4.78 is 41.6. The third-order valence-corrected chi connectivity index (χ3v) is 17.4. The van der Waals surface area contributed by atoms with E-state index >= 15 is 0 Å². The Kier molecular flexibility index (Phi) is 23.0. The van der Waals surface area contributed by atoms with Crippen LogP contribution in [0.1, 0.15) is 159 Å². The van der Waals surface area contributed by atoms with E-state index in [1.165, 1.54) is 37.5 Å². The first kappa shape index (κ1) is 66.1. The number of ether oxygens (including phenoxy) is 8. The molecule has 452 valence electrons. The topological polar surface area (TPSA) is 248 Å². The van der Waals surface area contributed by atoms with Gasteiger partial charge in [-0.05, 0) is 137 Å². The number of rotatable bonds is 13. The van der Waals surface area contributed by atoms with E-state index in [1.807, 2.05) is 0 Å². The van der Waals surface area contributed by atoms with E-state index in [1.54, 1.807) is 34.6 Å². The van der Waals surface area contributed by atoms with Crippen LogP contribution in [0.25, 0.3) is 0 Å². The molecule has 10 aliphatic rings. The normalized spacial score (nSPS) is 29.2. The van der Waals surface area contributed by atoms with E-state index in [4.69, 9.17) is 33.2 Å². The highest BCUT2D eigenvalue weighted by Crippen LogP contribution is 2.57. The Hall–Kier alpha value is -6.66. The number of amides is 2. The standard InChI is InChI=1S/C13H16O4.C12H14O4.C12H20O2.C11H18O2.C8H10O4.C7H9NO2/c1-6(2)12(14)17-10-4-7-3-8(10)11-9(7)5-16-13(11)15;1-5(2)11(13)15-9-6-3-7-8(4-6)12(14)16-10(7)9;1-9(2)11(13)14-12(10(3)4)7-5-6-8-12;1-4-11(7-5-6-8-11)13-10(12)9(2)3;1-5(2)7(9)12-6-3-4-11-8(6)10;1-3-8-6(9)4-5(2)7(8)10/h7-11H,1,3-5H2,2H3;6-10H,1,3-4H2,2H3;10H,1,5-8H2,2-4H3;2,4-8H2,1,3H3;6H,1,3-4H2,2H3;2-4H2,1H3. The van der Waals surface area contributed by atoms with Crippen molar-refractivity contribution < 1.29 is 85.8 Å². The molecule has 0 spiro atoms. The molecule has 0 aromatic rings. The molecule has 0 aromatic carbocycles. The SMILES string of the molecule is C=C(C)C(=O)OC1(C(C)C)CCCC1.C=C(C)C(=O)OC1(CC)CCCC1.C=C(C)C(=O)OC1C2CC3C(=O)OC1C3C2.C=C(C)C(=O)OC1CC2CC1C1C(=O)OCC21.C=C(C)C(=O)OC1CCOC1=O.C=C1CC(=O)N(CC)C1=O.